The first-order chi connectivity index (χ1) is 18.1. The summed E-state index contributed by atoms with van der Waals surface area (Å²) in [6.45, 7) is 1.84. The highest BCUT2D eigenvalue weighted by molar-refractivity contribution is 7.17. The van der Waals surface area contributed by atoms with Crippen molar-refractivity contribution in [2.24, 2.45) is 0 Å². The van der Waals surface area contributed by atoms with Crippen molar-refractivity contribution in [3.8, 4) is 21.7 Å². The lowest BCUT2D eigenvalue weighted by molar-refractivity contribution is -0.0286. The van der Waals surface area contributed by atoms with Gasteiger partial charge in [0, 0.05) is 34.8 Å². The molecule has 0 atom stereocenters. The Labute approximate surface area is 217 Å². The molecule has 1 aromatic carbocycles. The molecule has 9 heteroatoms. The van der Waals surface area contributed by atoms with E-state index in [1.165, 1.54) is 11.3 Å². The molecule has 0 radical (unpaired) electrons. The highest BCUT2D eigenvalue weighted by Crippen LogP contribution is 2.42. The van der Waals surface area contributed by atoms with Gasteiger partial charge in [-0.1, -0.05) is 24.3 Å². The summed E-state index contributed by atoms with van der Waals surface area (Å²) >= 11 is 1.51. The summed E-state index contributed by atoms with van der Waals surface area (Å²) in [4.78, 5) is 34.8. The zero-order chi connectivity index (χ0) is 24.9. The highest BCUT2D eigenvalue weighted by Gasteiger charge is 2.30. The molecule has 4 aromatic rings. The van der Waals surface area contributed by atoms with Crippen LogP contribution in [-0.2, 0) is 11.2 Å². The van der Waals surface area contributed by atoms with E-state index in [1.54, 1.807) is 12.3 Å². The maximum atomic E-state index is 13.8. The zero-order valence-corrected chi connectivity index (χ0v) is 20.9. The van der Waals surface area contributed by atoms with Crippen molar-refractivity contribution < 1.29 is 14.3 Å². The number of hydrogen-bond donors (Lipinski definition) is 1. The second-order valence-corrected chi connectivity index (χ2v) is 10.8. The standard InChI is InChI=1S/C28H25N5O3S/c34-27(30-19-8-9-19)25-12-17-10-11-32(24-7-2-1-4-21(24)26(17)37-25)28(35)23-6-3-5-22(31-23)18-13-29-33(14-18)20-15-36-16-20/h1-7,12-14,19-20H,8-11,15-16H2,(H,30,34). The molecule has 1 aliphatic carbocycles. The van der Waals surface area contributed by atoms with Crippen LogP contribution in [0, 0.1) is 0 Å². The van der Waals surface area contributed by atoms with Crippen LogP contribution >= 0.6 is 11.3 Å². The lowest BCUT2D eigenvalue weighted by atomic mass is 10.1. The van der Waals surface area contributed by atoms with E-state index in [0.717, 1.165) is 45.0 Å². The zero-order valence-electron chi connectivity index (χ0n) is 20.1. The molecule has 0 spiro atoms. The van der Waals surface area contributed by atoms with Crippen LogP contribution in [0.5, 0.6) is 0 Å². The molecule has 5 heterocycles. The molecule has 1 saturated heterocycles. The van der Waals surface area contributed by atoms with Gasteiger partial charge in [-0.25, -0.2) is 4.98 Å². The summed E-state index contributed by atoms with van der Waals surface area (Å²) in [7, 11) is 0. The highest BCUT2D eigenvalue weighted by atomic mass is 32.1. The summed E-state index contributed by atoms with van der Waals surface area (Å²) < 4.78 is 7.17. The van der Waals surface area contributed by atoms with Crippen molar-refractivity contribution in [3.05, 3.63) is 77.1 Å². The maximum absolute atomic E-state index is 13.8. The first-order valence-electron chi connectivity index (χ1n) is 12.6. The largest absolute Gasteiger partial charge is 0.377 e. The summed E-state index contributed by atoms with van der Waals surface area (Å²) in [5.74, 6) is -0.143. The third-order valence-corrected chi connectivity index (χ3v) is 8.30. The number of aromatic nitrogens is 3. The van der Waals surface area contributed by atoms with E-state index in [-0.39, 0.29) is 17.9 Å². The fourth-order valence-electron chi connectivity index (χ4n) is 4.80. The van der Waals surface area contributed by atoms with Gasteiger partial charge >= 0.3 is 0 Å². The molecular formula is C28H25N5O3S. The number of anilines is 1. The average molecular weight is 512 g/mol. The molecule has 186 valence electrons. The number of fused-ring (bicyclic) bond motifs is 3. The van der Waals surface area contributed by atoms with Crippen LogP contribution in [0.25, 0.3) is 21.7 Å². The number of nitrogens with one attached hydrogen (secondary N) is 1. The first-order valence-corrected chi connectivity index (χ1v) is 13.4. The molecular weight excluding hydrogens is 486 g/mol. The third-order valence-electron chi connectivity index (χ3n) is 7.09. The number of thiophene rings is 1. The minimum Gasteiger partial charge on any atom is -0.377 e. The van der Waals surface area contributed by atoms with Crippen LogP contribution in [0.3, 0.4) is 0 Å². The summed E-state index contributed by atoms with van der Waals surface area (Å²) in [5.41, 5.74) is 4.89. The van der Waals surface area contributed by atoms with E-state index >= 15 is 0 Å². The van der Waals surface area contributed by atoms with Crippen LogP contribution in [0.4, 0.5) is 5.69 Å². The number of nitrogens with zero attached hydrogens (tertiary/aromatic N) is 4. The van der Waals surface area contributed by atoms with Gasteiger partial charge in [0.05, 0.1) is 41.7 Å². The number of carbonyl (C=O) groups is 2. The van der Waals surface area contributed by atoms with E-state index in [4.69, 9.17) is 9.72 Å². The minimum absolute atomic E-state index is 0.000147. The fourth-order valence-corrected chi connectivity index (χ4v) is 5.95. The minimum atomic E-state index is -0.143. The molecule has 37 heavy (non-hydrogen) atoms. The lowest BCUT2D eigenvalue weighted by Gasteiger charge is -2.25. The van der Waals surface area contributed by atoms with E-state index in [2.05, 4.69) is 10.4 Å². The van der Waals surface area contributed by atoms with Crippen LogP contribution in [-0.4, -0.2) is 52.4 Å². The molecule has 0 bridgehead atoms. The molecule has 2 aliphatic heterocycles. The number of hydrogen-bond acceptors (Lipinski definition) is 6. The number of ether oxygens (including phenoxy) is 1. The molecule has 8 nitrogen and oxygen atoms in total. The molecule has 1 N–H and O–H groups in total. The topological polar surface area (TPSA) is 89.4 Å². The monoisotopic (exact) mass is 511 g/mol. The molecule has 7 rings (SSSR count). The van der Waals surface area contributed by atoms with Crippen molar-refractivity contribution >= 4 is 28.8 Å². The molecule has 0 unspecified atom stereocenters. The quantitative estimate of drug-likeness (QED) is 0.431. The maximum Gasteiger partial charge on any atom is 0.276 e. The lowest BCUT2D eigenvalue weighted by Crippen LogP contribution is -2.33. The number of amides is 2. The molecule has 1 saturated carbocycles. The second-order valence-electron chi connectivity index (χ2n) is 9.75. The molecule has 3 aliphatic rings. The third kappa shape index (κ3) is 4.14. The predicted molar refractivity (Wildman–Crippen MR) is 141 cm³/mol. The Morgan fingerprint density at radius 1 is 1.08 bits per heavy atom. The fraction of sp³-hybridized carbons (Fsp3) is 0.286. The van der Waals surface area contributed by atoms with Gasteiger partial charge in [-0.3, -0.25) is 14.3 Å². The Balaban J connectivity index is 1.19. The predicted octanol–water partition coefficient (Wildman–Crippen LogP) is 4.34. The summed E-state index contributed by atoms with van der Waals surface area (Å²) in [5, 5.41) is 7.54. The normalized spacial score (nSPS) is 16.9. The summed E-state index contributed by atoms with van der Waals surface area (Å²) in [6, 6.07) is 16.0. The van der Waals surface area contributed by atoms with Gasteiger partial charge in [0.25, 0.3) is 11.8 Å². The Kier molecular flexibility index (Phi) is 5.40. The van der Waals surface area contributed by atoms with Gasteiger partial charge in [0.2, 0.25) is 0 Å². The molecule has 2 fully saturated rings. The van der Waals surface area contributed by atoms with Crippen LogP contribution in [0.1, 0.15) is 44.6 Å². The number of rotatable bonds is 5. The van der Waals surface area contributed by atoms with Crippen molar-refractivity contribution in [2.45, 2.75) is 31.3 Å². The Bertz CT molecular complexity index is 1520. The summed E-state index contributed by atoms with van der Waals surface area (Å²) in [6.07, 6.45) is 6.53. The Morgan fingerprint density at radius 2 is 1.95 bits per heavy atom. The molecule has 3 aromatic heterocycles. The van der Waals surface area contributed by atoms with Gasteiger partial charge in [-0.15, -0.1) is 11.3 Å². The average Bonchev–Trinajstić information content (AvgIpc) is 3.44. The van der Waals surface area contributed by atoms with Crippen LogP contribution in [0.15, 0.2) is 60.9 Å². The van der Waals surface area contributed by atoms with Crippen molar-refractivity contribution in [1.29, 1.82) is 0 Å². The van der Waals surface area contributed by atoms with Gasteiger partial charge < -0.3 is 15.0 Å². The van der Waals surface area contributed by atoms with E-state index in [1.807, 2.05) is 58.2 Å². The van der Waals surface area contributed by atoms with Crippen LogP contribution in [0.2, 0.25) is 0 Å². The van der Waals surface area contributed by atoms with Gasteiger partial charge in [-0.05, 0) is 49.1 Å². The van der Waals surface area contributed by atoms with Crippen molar-refractivity contribution in [2.75, 3.05) is 24.7 Å². The number of carbonyl (C=O) groups excluding carboxylic acids is 2. The number of benzene rings is 1. The van der Waals surface area contributed by atoms with E-state index in [9.17, 15) is 9.59 Å². The SMILES string of the molecule is O=C(NC1CC1)c1cc2c(s1)-c1ccccc1N(C(=O)c1cccc(-c3cnn(C4COC4)c3)n1)CC2. The van der Waals surface area contributed by atoms with Crippen molar-refractivity contribution in [1.82, 2.24) is 20.1 Å². The number of pyridine rings is 1. The number of para-hydroxylation sites is 1. The van der Waals surface area contributed by atoms with Gasteiger partial charge in [-0.2, -0.15) is 5.10 Å². The van der Waals surface area contributed by atoms with Crippen LogP contribution < -0.4 is 10.2 Å². The van der Waals surface area contributed by atoms with Gasteiger partial charge in [0.15, 0.2) is 0 Å². The second kappa shape index (κ2) is 8.93. The Hall–Kier alpha value is -3.82. The first kappa shape index (κ1) is 22.4. The Morgan fingerprint density at radius 3 is 2.76 bits per heavy atom. The van der Waals surface area contributed by atoms with Gasteiger partial charge in [0.1, 0.15) is 5.69 Å². The van der Waals surface area contributed by atoms with Crippen molar-refractivity contribution in [3.63, 3.8) is 0 Å². The van der Waals surface area contributed by atoms with E-state index in [0.29, 0.717) is 43.6 Å². The molecule has 2 amide bonds. The van der Waals surface area contributed by atoms with E-state index < -0.39 is 0 Å². The smallest absolute Gasteiger partial charge is 0.276 e.